The number of hydrogen-bond donors (Lipinski definition) is 1. The van der Waals surface area contributed by atoms with Crippen molar-refractivity contribution in [3.05, 3.63) is 33.4 Å². The number of nitrogens with two attached hydrogens (primary N) is 1. The minimum atomic E-state index is 0.436. The van der Waals surface area contributed by atoms with E-state index in [0.29, 0.717) is 12.4 Å². The number of halogens is 1. The van der Waals surface area contributed by atoms with Gasteiger partial charge in [-0.05, 0) is 35.6 Å². The average Bonchev–Trinajstić information content (AvgIpc) is 2.08. The van der Waals surface area contributed by atoms with Gasteiger partial charge in [0.1, 0.15) is 12.4 Å². The molecular weight excluding hydrogens is 279 g/mol. The van der Waals surface area contributed by atoms with Crippen molar-refractivity contribution in [1.29, 1.82) is 0 Å². The van der Waals surface area contributed by atoms with Crippen molar-refractivity contribution >= 4 is 28.4 Å². The molecule has 0 saturated heterocycles. The quantitative estimate of drug-likeness (QED) is 0.401. The molecule has 0 fully saturated rings. The van der Waals surface area contributed by atoms with E-state index in [1.54, 1.807) is 6.92 Å². The molecule has 13 heavy (non-hydrogen) atoms. The summed E-state index contributed by atoms with van der Waals surface area (Å²) in [5.74, 6) is 0.436. The van der Waals surface area contributed by atoms with Crippen LogP contribution in [0, 0.1) is 3.57 Å². The molecule has 2 N–H and O–H groups in total. The van der Waals surface area contributed by atoms with E-state index in [-0.39, 0.29) is 0 Å². The zero-order valence-electron chi connectivity index (χ0n) is 7.33. The Morgan fingerprint density at radius 2 is 2.23 bits per heavy atom. The van der Waals surface area contributed by atoms with Gasteiger partial charge in [0.15, 0.2) is 0 Å². The van der Waals surface area contributed by atoms with E-state index >= 15 is 0 Å². The maximum atomic E-state index is 5.32. The predicted octanol–water partition coefficient (Wildman–Crippen LogP) is 2.10. The van der Waals surface area contributed by atoms with Crippen molar-refractivity contribution in [2.45, 2.75) is 13.5 Å². The number of amidine groups is 1. The van der Waals surface area contributed by atoms with Gasteiger partial charge in [-0.3, -0.25) is 0 Å². The molecule has 4 heteroatoms. The summed E-state index contributed by atoms with van der Waals surface area (Å²) < 4.78 is 1.17. The molecule has 0 bridgehead atoms. The molecule has 0 aliphatic heterocycles. The lowest BCUT2D eigenvalue weighted by Crippen LogP contribution is -2.06. The van der Waals surface area contributed by atoms with Crippen LogP contribution in [0.3, 0.4) is 0 Å². The first-order valence-corrected chi connectivity index (χ1v) is 4.93. The summed E-state index contributed by atoms with van der Waals surface area (Å²) in [4.78, 5) is 5.02. The summed E-state index contributed by atoms with van der Waals surface area (Å²) in [6.45, 7) is 2.16. The van der Waals surface area contributed by atoms with E-state index in [1.165, 1.54) is 3.57 Å². The van der Waals surface area contributed by atoms with Crippen LogP contribution in [0.5, 0.6) is 0 Å². The van der Waals surface area contributed by atoms with Crippen molar-refractivity contribution in [1.82, 2.24) is 0 Å². The molecule has 0 unspecified atom stereocenters. The summed E-state index contributed by atoms with van der Waals surface area (Å²) in [6, 6.07) is 7.99. The molecule has 0 aliphatic rings. The Balaban J connectivity index is 2.55. The molecular formula is C9H11IN2O. The van der Waals surface area contributed by atoms with Crippen LogP contribution >= 0.6 is 22.6 Å². The third-order valence-corrected chi connectivity index (χ3v) is 2.44. The van der Waals surface area contributed by atoms with Gasteiger partial charge in [-0.1, -0.05) is 23.4 Å². The van der Waals surface area contributed by atoms with Crippen molar-refractivity contribution < 1.29 is 4.84 Å². The van der Waals surface area contributed by atoms with Gasteiger partial charge in [0.2, 0.25) is 0 Å². The Bertz CT molecular complexity index is 308. The van der Waals surface area contributed by atoms with Crippen molar-refractivity contribution in [3.8, 4) is 0 Å². The minimum Gasteiger partial charge on any atom is -0.389 e. The average molecular weight is 290 g/mol. The van der Waals surface area contributed by atoms with Crippen molar-refractivity contribution in [3.63, 3.8) is 0 Å². The second-order valence-corrected chi connectivity index (χ2v) is 3.76. The Morgan fingerprint density at radius 1 is 1.54 bits per heavy atom. The van der Waals surface area contributed by atoms with E-state index in [2.05, 4.69) is 27.7 Å². The highest BCUT2D eigenvalue weighted by Crippen LogP contribution is 2.12. The minimum absolute atomic E-state index is 0.436. The third-order valence-electron chi connectivity index (χ3n) is 1.39. The molecule has 0 radical (unpaired) electrons. The van der Waals surface area contributed by atoms with E-state index in [9.17, 15) is 0 Å². The molecule has 1 aromatic rings. The maximum Gasteiger partial charge on any atom is 0.143 e. The molecule has 70 valence electrons. The molecule has 0 atom stereocenters. The smallest absolute Gasteiger partial charge is 0.143 e. The molecule has 0 amide bonds. The van der Waals surface area contributed by atoms with E-state index in [0.717, 1.165) is 5.56 Å². The van der Waals surface area contributed by atoms with Crippen LogP contribution in [0.4, 0.5) is 0 Å². The molecule has 0 aliphatic carbocycles. The number of rotatable bonds is 3. The van der Waals surface area contributed by atoms with Gasteiger partial charge in [0, 0.05) is 9.13 Å². The van der Waals surface area contributed by atoms with Crippen LogP contribution < -0.4 is 5.73 Å². The van der Waals surface area contributed by atoms with Gasteiger partial charge in [-0.15, -0.1) is 0 Å². The molecule has 1 aromatic carbocycles. The molecule has 0 aromatic heterocycles. The maximum absolute atomic E-state index is 5.32. The van der Waals surface area contributed by atoms with Crippen LogP contribution in [-0.4, -0.2) is 5.84 Å². The second-order valence-electron chi connectivity index (χ2n) is 2.60. The summed E-state index contributed by atoms with van der Waals surface area (Å²) in [7, 11) is 0. The zero-order chi connectivity index (χ0) is 9.68. The van der Waals surface area contributed by atoms with Crippen LogP contribution in [0.25, 0.3) is 0 Å². The molecule has 0 spiro atoms. The highest BCUT2D eigenvalue weighted by molar-refractivity contribution is 14.1. The molecule has 0 heterocycles. The topological polar surface area (TPSA) is 47.6 Å². The monoisotopic (exact) mass is 290 g/mol. The fourth-order valence-corrected chi connectivity index (χ4v) is 1.36. The van der Waals surface area contributed by atoms with Gasteiger partial charge in [0.05, 0.1) is 0 Å². The Kier molecular flexibility index (Phi) is 4.01. The standard InChI is InChI=1S/C9H11IN2O/c1-7(11)12-13-6-8-4-2-3-5-9(8)10/h2-5H,6H2,1H3,(H2,11,12). The van der Waals surface area contributed by atoms with E-state index < -0.39 is 0 Å². The molecule has 3 nitrogen and oxygen atoms in total. The number of nitrogens with zero attached hydrogens (tertiary/aromatic N) is 1. The first-order valence-electron chi connectivity index (χ1n) is 3.85. The summed E-state index contributed by atoms with van der Waals surface area (Å²) in [5.41, 5.74) is 6.44. The predicted molar refractivity (Wildman–Crippen MR) is 61.2 cm³/mol. The second kappa shape index (κ2) is 5.06. The first-order chi connectivity index (χ1) is 6.20. The SMILES string of the molecule is C/C(N)=N/OCc1ccccc1I. The number of oxime groups is 1. The van der Waals surface area contributed by atoms with Gasteiger partial charge >= 0.3 is 0 Å². The van der Waals surface area contributed by atoms with Crippen molar-refractivity contribution in [2.75, 3.05) is 0 Å². The lowest BCUT2D eigenvalue weighted by Gasteiger charge is -2.02. The highest BCUT2D eigenvalue weighted by atomic mass is 127. The molecule has 1 rings (SSSR count). The normalized spacial score (nSPS) is 11.4. The summed E-state index contributed by atoms with van der Waals surface area (Å²) in [6.07, 6.45) is 0. The van der Waals surface area contributed by atoms with Crippen LogP contribution in [0.1, 0.15) is 12.5 Å². The lowest BCUT2D eigenvalue weighted by molar-refractivity contribution is 0.129. The van der Waals surface area contributed by atoms with Gasteiger partial charge in [0.25, 0.3) is 0 Å². The summed E-state index contributed by atoms with van der Waals surface area (Å²) in [5, 5.41) is 3.65. The highest BCUT2D eigenvalue weighted by Gasteiger charge is 1.97. The zero-order valence-corrected chi connectivity index (χ0v) is 9.48. The largest absolute Gasteiger partial charge is 0.389 e. The fraction of sp³-hybridized carbons (Fsp3) is 0.222. The van der Waals surface area contributed by atoms with E-state index in [1.807, 2.05) is 24.3 Å². The third kappa shape index (κ3) is 3.63. The van der Waals surface area contributed by atoms with Gasteiger partial charge in [-0.25, -0.2) is 0 Å². The van der Waals surface area contributed by atoms with Crippen LogP contribution in [0.15, 0.2) is 29.4 Å². The van der Waals surface area contributed by atoms with E-state index in [4.69, 9.17) is 10.6 Å². The van der Waals surface area contributed by atoms with Crippen molar-refractivity contribution in [2.24, 2.45) is 10.9 Å². The Labute approximate surface area is 91.1 Å². The number of benzene rings is 1. The fourth-order valence-electron chi connectivity index (χ4n) is 0.819. The van der Waals surface area contributed by atoms with Crippen LogP contribution in [-0.2, 0) is 11.4 Å². The van der Waals surface area contributed by atoms with Gasteiger partial charge < -0.3 is 10.6 Å². The Hall–Kier alpha value is -0.780. The van der Waals surface area contributed by atoms with Crippen LogP contribution in [0.2, 0.25) is 0 Å². The summed E-state index contributed by atoms with van der Waals surface area (Å²) >= 11 is 2.26. The lowest BCUT2D eigenvalue weighted by atomic mass is 10.2. The first kappa shape index (κ1) is 10.3. The number of hydrogen-bond acceptors (Lipinski definition) is 2. The molecule has 0 saturated carbocycles. The Morgan fingerprint density at radius 3 is 2.85 bits per heavy atom. The van der Waals surface area contributed by atoms with Gasteiger partial charge in [-0.2, -0.15) is 0 Å².